The number of rotatable bonds is 4. The van der Waals surface area contributed by atoms with E-state index < -0.39 is 0 Å². The van der Waals surface area contributed by atoms with E-state index in [0.717, 1.165) is 23.8 Å². The number of carbonyl (C=O) groups is 1. The van der Waals surface area contributed by atoms with Crippen LogP contribution in [0.2, 0.25) is 0 Å². The fourth-order valence-electron chi connectivity index (χ4n) is 1.85. The first-order chi connectivity index (χ1) is 7.74. The standard InChI is InChI=1S/C14H16O2/c1-3-5-10-6-7-13-11(8-10)9-14(16-13)12(15)4-2/h6-9H,3-5H2,1-2H3. The summed E-state index contributed by atoms with van der Waals surface area (Å²) in [4.78, 5) is 11.5. The van der Waals surface area contributed by atoms with E-state index in [2.05, 4.69) is 19.1 Å². The Balaban J connectivity index is 2.41. The van der Waals surface area contributed by atoms with Gasteiger partial charge in [0.25, 0.3) is 0 Å². The molecule has 1 aromatic carbocycles. The van der Waals surface area contributed by atoms with Gasteiger partial charge in [0.15, 0.2) is 11.5 Å². The van der Waals surface area contributed by atoms with Gasteiger partial charge in [-0.1, -0.05) is 26.3 Å². The van der Waals surface area contributed by atoms with Crippen LogP contribution >= 0.6 is 0 Å². The Labute approximate surface area is 95.3 Å². The zero-order chi connectivity index (χ0) is 11.5. The van der Waals surface area contributed by atoms with Gasteiger partial charge in [-0.15, -0.1) is 0 Å². The summed E-state index contributed by atoms with van der Waals surface area (Å²) in [6, 6.07) is 7.97. The Kier molecular flexibility index (Phi) is 3.09. The number of hydrogen-bond donors (Lipinski definition) is 0. The van der Waals surface area contributed by atoms with Crippen LogP contribution in [0.5, 0.6) is 0 Å². The van der Waals surface area contributed by atoms with Gasteiger partial charge >= 0.3 is 0 Å². The predicted molar refractivity (Wildman–Crippen MR) is 64.8 cm³/mol. The lowest BCUT2D eigenvalue weighted by Crippen LogP contribution is -1.92. The van der Waals surface area contributed by atoms with Gasteiger partial charge in [-0.05, 0) is 30.2 Å². The van der Waals surface area contributed by atoms with Crippen molar-refractivity contribution < 1.29 is 9.21 Å². The average molecular weight is 216 g/mol. The molecule has 84 valence electrons. The van der Waals surface area contributed by atoms with Crippen molar-refractivity contribution in [1.29, 1.82) is 0 Å². The van der Waals surface area contributed by atoms with Crippen molar-refractivity contribution in [3.05, 3.63) is 35.6 Å². The molecule has 0 N–H and O–H groups in total. The lowest BCUT2D eigenvalue weighted by atomic mass is 10.1. The molecule has 1 aromatic heterocycles. The molecule has 0 bridgehead atoms. The number of furan rings is 1. The van der Waals surface area contributed by atoms with E-state index in [4.69, 9.17) is 4.42 Å². The molecule has 0 aliphatic rings. The minimum atomic E-state index is 0.0632. The summed E-state index contributed by atoms with van der Waals surface area (Å²) in [6.07, 6.45) is 2.68. The first-order valence-electron chi connectivity index (χ1n) is 5.80. The lowest BCUT2D eigenvalue weighted by molar-refractivity contribution is 0.0963. The van der Waals surface area contributed by atoms with Gasteiger partial charge in [-0.2, -0.15) is 0 Å². The summed E-state index contributed by atoms with van der Waals surface area (Å²) >= 11 is 0. The summed E-state index contributed by atoms with van der Waals surface area (Å²) in [5.41, 5.74) is 2.10. The van der Waals surface area contributed by atoms with E-state index in [9.17, 15) is 4.79 Å². The molecule has 0 atom stereocenters. The molecular weight excluding hydrogens is 200 g/mol. The molecule has 0 saturated heterocycles. The maximum Gasteiger partial charge on any atom is 0.197 e. The average Bonchev–Trinajstić information content (AvgIpc) is 2.71. The molecule has 2 nitrogen and oxygen atoms in total. The molecule has 0 aliphatic heterocycles. The Bertz CT molecular complexity index is 508. The lowest BCUT2D eigenvalue weighted by Gasteiger charge is -1.96. The zero-order valence-corrected chi connectivity index (χ0v) is 9.75. The third-order valence-corrected chi connectivity index (χ3v) is 2.72. The van der Waals surface area contributed by atoms with Crippen LogP contribution in [-0.2, 0) is 6.42 Å². The highest BCUT2D eigenvalue weighted by Gasteiger charge is 2.10. The van der Waals surface area contributed by atoms with Crippen LogP contribution in [0, 0.1) is 0 Å². The Hall–Kier alpha value is -1.57. The largest absolute Gasteiger partial charge is 0.453 e. The zero-order valence-electron chi connectivity index (χ0n) is 9.75. The Morgan fingerprint density at radius 2 is 2.06 bits per heavy atom. The number of hydrogen-bond acceptors (Lipinski definition) is 2. The molecule has 0 spiro atoms. The molecule has 0 fully saturated rings. The van der Waals surface area contributed by atoms with Crippen LogP contribution in [0.4, 0.5) is 0 Å². The molecule has 0 radical (unpaired) electrons. The summed E-state index contributed by atoms with van der Waals surface area (Å²) in [5.74, 6) is 0.541. The van der Waals surface area contributed by atoms with Gasteiger partial charge in [0.05, 0.1) is 0 Å². The number of Topliss-reactive ketones (excluding diaryl/α,β-unsaturated/α-hetero) is 1. The number of fused-ring (bicyclic) bond motifs is 1. The minimum Gasteiger partial charge on any atom is -0.453 e. The molecule has 2 heteroatoms. The summed E-state index contributed by atoms with van der Waals surface area (Å²) < 4.78 is 5.50. The first-order valence-corrected chi connectivity index (χ1v) is 5.80. The molecule has 2 aromatic rings. The fraction of sp³-hybridized carbons (Fsp3) is 0.357. The molecule has 1 heterocycles. The van der Waals surface area contributed by atoms with E-state index in [1.807, 2.05) is 19.1 Å². The summed E-state index contributed by atoms with van der Waals surface area (Å²) in [6.45, 7) is 4.00. The molecule has 16 heavy (non-hydrogen) atoms. The second-order valence-electron chi connectivity index (χ2n) is 4.01. The van der Waals surface area contributed by atoms with Crippen molar-refractivity contribution >= 4 is 16.8 Å². The predicted octanol–water partition coefficient (Wildman–Crippen LogP) is 3.98. The molecule has 0 aliphatic carbocycles. The van der Waals surface area contributed by atoms with Gasteiger partial charge in [0.1, 0.15) is 5.58 Å². The van der Waals surface area contributed by atoms with Crippen molar-refractivity contribution in [3.8, 4) is 0 Å². The second-order valence-corrected chi connectivity index (χ2v) is 4.01. The quantitative estimate of drug-likeness (QED) is 0.723. The first kappa shape index (κ1) is 10.9. The maximum atomic E-state index is 11.5. The normalized spacial score (nSPS) is 10.9. The van der Waals surface area contributed by atoms with Gasteiger partial charge < -0.3 is 4.42 Å². The maximum absolute atomic E-state index is 11.5. The molecule has 2 rings (SSSR count). The summed E-state index contributed by atoms with van der Waals surface area (Å²) in [7, 11) is 0. The van der Waals surface area contributed by atoms with Crippen molar-refractivity contribution in [2.75, 3.05) is 0 Å². The highest BCUT2D eigenvalue weighted by atomic mass is 16.3. The van der Waals surface area contributed by atoms with Crippen molar-refractivity contribution in [2.24, 2.45) is 0 Å². The van der Waals surface area contributed by atoms with E-state index >= 15 is 0 Å². The van der Waals surface area contributed by atoms with E-state index in [1.54, 1.807) is 0 Å². The van der Waals surface area contributed by atoms with Crippen LogP contribution < -0.4 is 0 Å². The Morgan fingerprint density at radius 1 is 1.25 bits per heavy atom. The van der Waals surface area contributed by atoms with Gasteiger partial charge in [-0.3, -0.25) is 4.79 Å². The number of carbonyl (C=O) groups excluding carboxylic acids is 1. The second kappa shape index (κ2) is 4.52. The van der Waals surface area contributed by atoms with Crippen LogP contribution in [0.3, 0.4) is 0 Å². The van der Waals surface area contributed by atoms with E-state index in [-0.39, 0.29) is 5.78 Å². The van der Waals surface area contributed by atoms with Crippen molar-refractivity contribution in [2.45, 2.75) is 33.1 Å². The van der Waals surface area contributed by atoms with E-state index in [0.29, 0.717) is 12.2 Å². The van der Waals surface area contributed by atoms with Crippen LogP contribution in [-0.4, -0.2) is 5.78 Å². The third-order valence-electron chi connectivity index (χ3n) is 2.72. The van der Waals surface area contributed by atoms with Gasteiger partial charge in [0.2, 0.25) is 0 Å². The number of aryl methyl sites for hydroxylation is 1. The number of ketones is 1. The molecule has 0 unspecified atom stereocenters. The molecule has 0 amide bonds. The van der Waals surface area contributed by atoms with Crippen LogP contribution in [0.25, 0.3) is 11.0 Å². The molecule has 0 saturated carbocycles. The van der Waals surface area contributed by atoms with E-state index in [1.165, 1.54) is 5.56 Å². The SMILES string of the molecule is CCCc1ccc2oc(C(=O)CC)cc2c1. The topological polar surface area (TPSA) is 30.2 Å². The van der Waals surface area contributed by atoms with Crippen molar-refractivity contribution in [1.82, 2.24) is 0 Å². The molecular formula is C14H16O2. The van der Waals surface area contributed by atoms with Crippen molar-refractivity contribution in [3.63, 3.8) is 0 Å². The van der Waals surface area contributed by atoms with Gasteiger partial charge in [0, 0.05) is 11.8 Å². The van der Waals surface area contributed by atoms with Gasteiger partial charge in [-0.25, -0.2) is 0 Å². The fourth-order valence-corrected chi connectivity index (χ4v) is 1.85. The third kappa shape index (κ3) is 2.01. The highest BCUT2D eigenvalue weighted by molar-refractivity contribution is 5.97. The van der Waals surface area contributed by atoms with Crippen LogP contribution in [0.15, 0.2) is 28.7 Å². The monoisotopic (exact) mass is 216 g/mol. The van der Waals surface area contributed by atoms with Crippen LogP contribution in [0.1, 0.15) is 42.8 Å². The minimum absolute atomic E-state index is 0.0632. The summed E-state index contributed by atoms with van der Waals surface area (Å²) in [5, 5.41) is 1.03. The Morgan fingerprint density at radius 3 is 2.75 bits per heavy atom. The number of benzene rings is 1. The highest BCUT2D eigenvalue weighted by Crippen LogP contribution is 2.22. The smallest absolute Gasteiger partial charge is 0.197 e.